The van der Waals surface area contributed by atoms with Crippen molar-refractivity contribution >= 4 is 0 Å². The molecule has 0 fully saturated rings. The zero-order chi connectivity index (χ0) is 10.8. The van der Waals surface area contributed by atoms with Gasteiger partial charge < -0.3 is 4.74 Å². The zero-order valence-electron chi connectivity index (χ0n) is 9.92. The molecule has 0 heterocycles. The van der Waals surface area contributed by atoms with Crippen molar-refractivity contribution < 1.29 is 9.84 Å². The summed E-state index contributed by atoms with van der Waals surface area (Å²) in [6, 6.07) is 0. The molecule has 0 aliphatic carbocycles. The molecule has 0 aliphatic rings. The van der Waals surface area contributed by atoms with Gasteiger partial charge in [0, 0.05) is 13.2 Å². The number of hydrogen-bond donors (Lipinski definition) is 0. The predicted octanol–water partition coefficient (Wildman–Crippen LogP) is 3.29. The number of ether oxygens (including phenoxy) is 1. The monoisotopic (exact) mass is 201 g/mol. The van der Waals surface area contributed by atoms with Gasteiger partial charge in [-0.1, -0.05) is 33.6 Å². The Kier molecular flexibility index (Phi) is 9.42. The Balaban J connectivity index is 2.99. The third kappa shape index (κ3) is 10.0. The average Bonchev–Trinajstić information content (AvgIpc) is 2.15. The number of hydrogen-bond acceptors (Lipinski definition) is 1. The van der Waals surface area contributed by atoms with E-state index in [2.05, 4.69) is 13.8 Å². The third-order valence-electron chi connectivity index (χ3n) is 2.36. The normalized spacial score (nSPS) is 13.5. The Morgan fingerprint density at radius 1 is 1.00 bits per heavy atom. The zero-order valence-corrected chi connectivity index (χ0v) is 9.92. The lowest BCUT2D eigenvalue weighted by molar-refractivity contribution is 0.0907. The van der Waals surface area contributed by atoms with E-state index in [-0.39, 0.29) is 12.5 Å². The van der Waals surface area contributed by atoms with Crippen LogP contribution in [0.2, 0.25) is 0 Å². The van der Waals surface area contributed by atoms with Crippen LogP contribution in [0.1, 0.15) is 46.5 Å². The molecule has 2 heteroatoms. The van der Waals surface area contributed by atoms with Crippen LogP contribution in [0.25, 0.3) is 0 Å². The van der Waals surface area contributed by atoms with Crippen LogP contribution in [-0.2, 0) is 9.84 Å². The van der Waals surface area contributed by atoms with Crippen LogP contribution in [0.4, 0.5) is 0 Å². The van der Waals surface area contributed by atoms with Crippen LogP contribution in [0.5, 0.6) is 0 Å². The summed E-state index contributed by atoms with van der Waals surface area (Å²) >= 11 is 0. The van der Waals surface area contributed by atoms with Gasteiger partial charge in [0.1, 0.15) is 0 Å². The Morgan fingerprint density at radius 3 is 2.29 bits per heavy atom. The molecule has 0 spiro atoms. The summed E-state index contributed by atoms with van der Waals surface area (Å²) in [5.74, 6) is 1.07. The van der Waals surface area contributed by atoms with Gasteiger partial charge >= 0.3 is 0 Å². The Bertz CT molecular complexity index is 113. The topological polar surface area (TPSA) is 29.1 Å². The minimum absolute atomic E-state index is 0.0245. The van der Waals surface area contributed by atoms with Crippen molar-refractivity contribution in [2.24, 2.45) is 11.8 Å². The lowest BCUT2D eigenvalue weighted by Gasteiger charge is -2.08. The molecule has 2 nitrogen and oxygen atoms in total. The maximum absolute atomic E-state index is 10.4. The van der Waals surface area contributed by atoms with E-state index in [9.17, 15) is 5.11 Å². The van der Waals surface area contributed by atoms with Crippen molar-refractivity contribution in [3.8, 4) is 0 Å². The second kappa shape index (κ2) is 9.47. The molecular formula is C12H25O2. The highest BCUT2D eigenvalue weighted by atomic mass is 16.5. The molecule has 0 saturated heterocycles. The fourth-order valence-corrected chi connectivity index (χ4v) is 1.23. The first-order chi connectivity index (χ1) is 6.66. The number of rotatable bonds is 9. The van der Waals surface area contributed by atoms with Gasteiger partial charge in [-0.2, -0.15) is 0 Å². The summed E-state index contributed by atoms with van der Waals surface area (Å²) in [7, 11) is 0. The second-order valence-electron chi connectivity index (χ2n) is 4.56. The smallest absolute Gasteiger partial charge is 0.0848 e. The first-order valence-electron chi connectivity index (χ1n) is 5.82. The summed E-state index contributed by atoms with van der Waals surface area (Å²) in [5, 5.41) is 10.4. The minimum Gasteiger partial charge on any atom is -0.381 e. The average molecular weight is 201 g/mol. The van der Waals surface area contributed by atoms with E-state index in [1.54, 1.807) is 0 Å². The summed E-state index contributed by atoms with van der Waals surface area (Å²) in [5.41, 5.74) is 0. The summed E-state index contributed by atoms with van der Waals surface area (Å²) in [4.78, 5) is 0. The summed E-state index contributed by atoms with van der Waals surface area (Å²) in [6.45, 7) is 8.11. The van der Waals surface area contributed by atoms with Gasteiger partial charge in [-0.15, -0.1) is 0 Å². The largest absolute Gasteiger partial charge is 0.381 e. The first kappa shape index (κ1) is 13.9. The molecular weight excluding hydrogens is 176 g/mol. The van der Waals surface area contributed by atoms with Crippen LogP contribution < -0.4 is 0 Å². The Labute approximate surface area is 88.7 Å². The lowest BCUT2D eigenvalue weighted by atomic mass is 10.1. The maximum Gasteiger partial charge on any atom is 0.0848 e. The van der Waals surface area contributed by atoms with Crippen LogP contribution in [0.3, 0.4) is 0 Å². The standard InChI is InChI=1S/C12H25O2/c1-11(2)6-4-5-8-14-9-7-12(3)10-13/h11-12H,4-10H2,1-3H3. The molecule has 1 unspecified atom stereocenters. The molecule has 1 atom stereocenters. The van der Waals surface area contributed by atoms with Gasteiger partial charge in [-0.05, 0) is 24.7 Å². The van der Waals surface area contributed by atoms with E-state index in [1.807, 2.05) is 6.92 Å². The molecule has 0 aromatic heterocycles. The summed E-state index contributed by atoms with van der Waals surface area (Å²) < 4.78 is 5.45. The van der Waals surface area contributed by atoms with E-state index in [4.69, 9.17) is 4.74 Å². The molecule has 0 aliphatic heterocycles. The molecule has 0 saturated carbocycles. The quantitative estimate of drug-likeness (QED) is 0.526. The van der Waals surface area contributed by atoms with Crippen molar-refractivity contribution in [2.45, 2.75) is 46.5 Å². The molecule has 1 radical (unpaired) electrons. The first-order valence-corrected chi connectivity index (χ1v) is 5.82. The molecule has 85 valence electrons. The van der Waals surface area contributed by atoms with Gasteiger partial charge in [-0.3, -0.25) is 0 Å². The van der Waals surface area contributed by atoms with Gasteiger partial charge in [0.2, 0.25) is 0 Å². The molecule has 14 heavy (non-hydrogen) atoms. The molecule has 0 aromatic rings. The molecule has 0 amide bonds. The van der Waals surface area contributed by atoms with Gasteiger partial charge in [0.05, 0.1) is 6.61 Å². The van der Waals surface area contributed by atoms with Crippen molar-refractivity contribution in [1.82, 2.24) is 0 Å². The van der Waals surface area contributed by atoms with Crippen molar-refractivity contribution in [2.75, 3.05) is 19.8 Å². The van der Waals surface area contributed by atoms with Crippen LogP contribution >= 0.6 is 0 Å². The Hall–Kier alpha value is -0.0800. The molecule has 0 rings (SSSR count). The van der Waals surface area contributed by atoms with E-state index in [0.29, 0.717) is 0 Å². The minimum atomic E-state index is 0.0245. The fourth-order valence-electron chi connectivity index (χ4n) is 1.23. The van der Waals surface area contributed by atoms with E-state index in [1.165, 1.54) is 12.8 Å². The number of unbranched alkanes of at least 4 members (excludes halogenated alkanes) is 1. The van der Waals surface area contributed by atoms with Gasteiger partial charge in [0.25, 0.3) is 0 Å². The van der Waals surface area contributed by atoms with E-state index in [0.717, 1.165) is 32.0 Å². The van der Waals surface area contributed by atoms with E-state index < -0.39 is 0 Å². The second-order valence-corrected chi connectivity index (χ2v) is 4.56. The highest BCUT2D eigenvalue weighted by Gasteiger charge is 2.00. The van der Waals surface area contributed by atoms with Crippen LogP contribution in [-0.4, -0.2) is 19.8 Å². The van der Waals surface area contributed by atoms with Gasteiger partial charge in [-0.25, -0.2) is 5.11 Å². The van der Waals surface area contributed by atoms with Crippen molar-refractivity contribution in [3.63, 3.8) is 0 Å². The SMILES string of the molecule is CC(C)CCCCOCCC(C)C[O]. The van der Waals surface area contributed by atoms with Crippen LogP contribution in [0.15, 0.2) is 0 Å². The fraction of sp³-hybridized carbons (Fsp3) is 1.00. The van der Waals surface area contributed by atoms with Crippen LogP contribution in [0, 0.1) is 11.8 Å². The molecule has 0 N–H and O–H groups in total. The lowest BCUT2D eigenvalue weighted by Crippen LogP contribution is -2.05. The summed E-state index contributed by atoms with van der Waals surface area (Å²) in [6.07, 6.45) is 4.62. The predicted molar refractivity (Wildman–Crippen MR) is 58.8 cm³/mol. The molecule has 0 aromatic carbocycles. The van der Waals surface area contributed by atoms with Crippen molar-refractivity contribution in [1.29, 1.82) is 0 Å². The maximum atomic E-state index is 10.4. The van der Waals surface area contributed by atoms with E-state index >= 15 is 0 Å². The van der Waals surface area contributed by atoms with Gasteiger partial charge in [0.15, 0.2) is 0 Å². The van der Waals surface area contributed by atoms with Crippen molar-refractivity contribution in [3.05, 3.63) is 0 Å². The Morgan fingerprint density at radius 2 is 1.71 bits per heavy atom. The highest BCUT2D eigenvalue weighted by molar-refractivity contribution is 4.49. The highest BCUT2D eigenvalue weighted by Crippen LogP contribution is 2.06. The molecule has 0 bridgehead atoms. The third-order valence-corrected chi connectivity index (χ3v) is 2.36.